The quantitative estimate of drug-likeness (QED) is 0.313. The van der Waals surface area contributed by atoms with Gasteiger partial charge in [0.05, 0.1) is 10.6 Å². The van der Waals surface area contributed by atoms with Crippen molar-refractivity contribution in [3.05, 3.63) is 58.0 Å². The van der Waals surface area contributed by atoms with E-state index in [1.165, 1.54) is 28.8 Å². The number of aromatic nitrogens is 1. The number of rotatable bonds is 6. The average molecular weight is 422 g/mol. The van der Waals surface area contributed by atoms with Crippen molar-refractivity contribution < 1.29 is 17.9 Å². The van der Waals surface area contributed by atoms with Crippen LogP contribution in [0, 0.1) is 10.1 Å². The highest BCUT2D eigenvalue weighted by atomic mass is 32.2. The van der Waals surface area contributed by atoms with E-state index in [-0.39, 0.29) is 11.4 Å². The van der Waals surface area contributed by atoms with Crippen LogP contribution in [0.1, 0.15) is 11.3 Å². The lowest BCUT2D eigenvalue weighted by Gasteiger charge is -2.35. The first-order valence-electron chi connectivity index (χ1n) is 8.95. The van der Waals surface area contributed by atoms with Crippen molar-refractivity contribution in [2.45, 2.75) is 12.3 Å². The molecular formula is C17H22N6O5S. The van der Waals surface area contributed by atoms with Gasteiger partial charge in [-0.3, -0.25) is 15.1 Å². The van der Waals surface area contributed by atoms with Crippen LogP contribution in [-0.2, 0) is 22.3 Å². The fourth-order valence-corrected chi connectivity index (χ4v) is 4.44. The fourth-order valence-electron chi connectivity index (χ4n) is 3.02. The highest BCUT2D eigenvalue weighted by Crippen LogP contribution is 2.14. The molecule has 1 N–H and O–H groups in total. The normalized spacial score (nSPS) is 16.0. The molecule has 29 heavy (non-hydrogen) atoms. The van der Waals surface area contributed by atoms with Crippen molar-refractivity contribution in [1.29, 1.82) is 0 Å². The van der Waals surface area contributed by atoms with E-state index in [9.17, 15) is 18.5 Å². The first-order chi connectivity index (χ1) is 13.9. The molecule has 0 bridgehead atoms. The predicted molar refractivity (Wildman–Crippen MR) is 106 cm³/mol. The molecule has 11 nitrogen and oxygen atoms in total. The summed E-state index contributed by atoms with van der Waals surface area (Å²) in [7, 11) is -1.80. The summed E-state index contributed by atoms with van der Waals surface area (Å²) in [6.45, 7) is 2.14. The van der Waals surface area contributed by atoms with Crippen molar-refractivity contribution in [1.82, 2.24) is 19.7 Å². The van der Waals surface area contributed by atoms with Crippen LogP contribution in [0.3, 0.4) is 0 Å². The minimum atomic E-state index is -3.46. The maximum atomic E-state index is 12.5. The monoisotopic (exact) mass is 422 g/mol. The second kappa shape index (κ2) is 9.01. The highest BCUT2D eigenvalue weighted by Gasteiger charge is 2.28. The molecule has 1 fully saturated rings. The number of hydrogen-bond donors (Lipinski definition) is 1. The lowest BCUT2D eigenvalue weighted by molar-refractivity contribution is -0.384. The van der Waals surface area contributed by atoms with E-state index < -0.39 is 14.9 Å². The summed E-state index contributed by atoms with van der Waals surface area (Å²) in [5.74, 6) is 0.466. The topological polar surface area (TPSA) is 134 Å². The zero-order valence-corrected chi connectivity index (χ0v) is 16.7. The Morgan fingerprint density at radius 1 is 1.24 bits per heavy atom. The molecule has 0 atom stereocenters. The number of nitrogens with one attached hydrogen (secondary N) is 1. The van der Waals surface area contributed by atoms with Gasteiger partial charge in [-0.05, 0) is 5.56 Å². The molecule has 1 aliphatic heterocycles. The molecule has 0 spiro atoms. The van der Waals surface area contributed by atoms with Crippen molar-refractivity contribution in [3.8, 4) is 0 Å². The van der Waals surface area contributed by atoms with Gasteiger partial charge in [0, 0.05) is 58.0 Å². The Balaban J connectivity index is 1.52. The first kappa shape index (κ1) is 20.7. The Bertz CT molecular complexity index is 951. The van der Waals surface area contributed by atoms with Crippen molar-refractivity contribution in [3.63, 3.8) is 0 Å². The molecule has 1 aromatic carbocycles. The highest BCUT2D eigenvalue weighted by molar-refractivity contribution is 7.88. The van der Waals surface area contributed by atoms with Gasteiger partial charge in [0.25, 0.3) is 5.69 Å². The summed E-state index contributed by atoms with van der Waals surface area (Å²) >= 11 is 0. The van der Waals surface area contributed by atoms with Gasteiger partial charge in [-0.1, -0.05) is 17.3 Å². The summed E-state index contributed by atoms with van der Waals surface area (Å²) in [6.07, 6.45) is 1.35. The van der Waals surface area contributed by atoms with Gasteiger partial charge in [0.1, 0.15) is 12.0 Å². The number of benzene rings is 1. The third-order valence-electron chi connectivity index (χ3n) is 4.56. The molecule has 0 radical (unpaired) electrons. The molecule has 1 saturated heterocycles. The average Bonchev–Trinajstić information content (AvgIpc) is 3.21. The molecule has 0 aliphatic carbocycles. The van der Waals surface area contributed by atoms with Gasteiger partial charge >= 0.3 is 0 Å². The first-order valence-corrected chi connectivity index (χ1v) is 10.6. The number of sulfonamides is 1. The Kier molecular flexibility index (Phi) is 6.44. The molecule has 156 valence electrons. The van der Waals surface area contributed by atoms with Gasteiger partial charge in [0.2, 0.25) is 10.0 Å². The molecule has 0 amide bonds. The molecule has 2 aromatic rings. The number of nitrogens with zero attached hydrogens (tertiary/aromatic N) is 5. The standard InChI is InChI=1S/C17H22N6O5S/c1-18-17(19-12-14-2-4-16(5-3-14)23(24)25)21-7-9-22(10-8-21)29(26,27)13-15-6-11-28-20-15/h2-6,11H,7-10,12-13H2,1H3,(H,18,19). The molecular weight excluding hydrogens is 400 g/mol. The van der Waals surface area contributed by atoms with Crippen LogP contribution in [0.5, 0.6) is 0 Å². The maximum Gasteiger partial charge on any atom is 0.269 e. The van der Waals surface area contributed by atoms with E-state index in [1.54, 1.807) is 19.2 Å². The van der Waals surface area contributed by atoms with E-state index in [1.807, 2.05) is 4.90 Å². The van der Waals surface area contributed by atoms with Crippen LogP contribution in [0.4, 0.5) is 5.69 Å². The summed E-state index contributed by atoms with van der Waals surface area (Å²) in [4.78, 5) is 16.5. The maximum absolute atomic E-state index is 12.5. The summed E-state index contributed by atoms with van der Waals surface area (Å²) in [5, 5.41) is 17.6. The number of nitro benzene ring substituents is 1. The third-order valence-corrected chi connectivity index (χ3v) is 6.38. The second-order valence-electron chi connectivity index (χ2n) is 6.46. The molecule has 12 heteroatoms. The number of aliphatic imine (C=N–C) groups is 1. The molecule has 0 saturated carbocycles. The molecule has 3 rings (SSSR count). The Hall–Kier alpha value is -2.99. The van der Waals surface area contributed by atoms with Crippen LogP contribution >= 0.6 is 0 Å². The largest absolute Gasteiger partial charge is 0.364 e. The fraction of sp³-hybridized carbons (Fsp3) is 0.412. The van der Waals surface area contributed by atoms with Gasteiger partial charge in [-0.25, -0.2) is 8.42 Å². The second-order valence-corrected chi connectivity index (χ2v) is 8.43. The van der Waals surface area contributed by atoms with Crippen molar-refractivity contribution in [2.75, 3.05) is 33.2 Å². The summed E-state index contributed by atoms with van der Waals surface area (Å²) in [5.41, 5.74) is 1.31. The lowest BCUT2D eigenvalue weighted by atomic mass is 10.2. The minimum absolute atomic E-state index is 0.0427. The van der Waals surface area contributed by atoms with Crippen molar-refractivity contribution in [2.24, 2.45) is 4.99 Å². The molecule has 1 aliphatic rings. The number of non-ortho nitro benzene ring substituents is 1. The predicted octanol–water partition coefficient (Wildman–Crippen LogP) is 0.806. The van der Waals surface area contributed by atoms with E-state index >= 15 is 0 Å². The van der Waals surface area contributed by atoms with Gasteiger partial charge in [-0.15, -0.1) is 0 Å². The zero-order valence-electron chi connectivity index (χ0n) is 15.9. The van der Waals surface area contributed by atoms with Crippen LogP contribution in [0.2, 0.25) is 0 Å². The summed E-state index contributed by atoms with van der Waals surface area (Å²) in [6, 6.07) is 7.83. The zero-order chi connectivity index (χ0) is 20.9. The van der Waals surface area contributed by atoms with Crippen molar-refractivity contribution >= 4 is 21.7 Å². The number of guanidine groups is 1. The SMILES string of the molecule is CN=C(NCc1ccc([N+](=O)[O-])cc1)N1CCN(S(=O)(=O)Cc2ccon2)CC1. The van der Waals surface area contributed by atoms with Crippen LogP contribution in [0.25, 0.3) is 0 Å². The minimum Gasteiger partial charge on any atom is -0.364 e. The molecule has 1 aromatic heterocycles. The van der Waals surface area contributed by atoms with Crippen LogP contribution in [-0.4, -0.2) is 66.9 Å². The van der Waals surface area contributed by atoms with E-state index in [0.29, 0.717) is 44.4 Å². The van der Waals surface area contributed by atoms with Gasteiger partial charge in [0.15, 0.2) is 5.96 Å². The number of piperazine rings is 1. The number of nitro groups is 1. The van der Waals surface area contributed by atoms with Crippen LogP contribution in [0.15, 0.2) is 46.1 Å². The third kappa shape index (κ3) is 5.29. The number of hydrogen-bond acceptors (Lipinski definition) is 7. The Morgan fingerprint density at radius 3 is 2.48 bits per heavy atom. The van der Waals surface area contributed by atoms with E-state index in [2.05, 4.69) is 15.5 Å². The molecule has 0 unspecified atom stereocenters. The van der Waals surface area contributed by atoms with E-state index in [4.69, 9.17) is 4.52 Å². The Morgan fingerprint density at radius 2 is 1.93 bits per heavy atom. The van der Waals surface area contributed by atoms with Crippen LogP contribution < -0.4 is 5.32 Å². The Labute approximate surface area is 168 Å². The van der Waals surface area contributed by atoms with Gasteiger partial charge in [-0.2, -0.15) is 4.31 Å². The molecule has 2 heterocycles. The van der Waals surface area contributed by atoms with Gasteiger partial charge < -0.3 is 14.7 Å². The van der Waals surface area contributed by atoms with E-state index in [0.717, 1.165) is 5.56 Å². The smallest absolute Gasteiger partial charge is 0.269 e. The lowest BCUT2D eigenvalue weighted by Crippen LogP contribution is -2.53. The summed E-state index contributed by atoms with van der Waals surface area (Å²) < 4.78 is 31.2.